The van der Waals surface area contributed by atoms with Crippen molar-refractivity contribution in [1.29, 1.82) is 0 Å². The molecule has 0 radical (unpaired) electrons. The summed E-state index contributed by atoms with van der Waals surface area (Å²) in [6.45, 7) is 1.31. The molecule has 4 aromatic rings. The van der Waals surface area contributed by atoms with Crippen molar-refractivity contribution in [2.75, 3.05) is 11.9 Å². The van der Waals surface area contributed by atoms with Crippen molar-refractivity contribution in [2.24, 2.45) is 0 Å². The molecule has 1 aromatic heterocycles. The van der Waals surface area contributed by atoms with Gasteiger partial charge < -0.3 is 19.6 Å². The average molecular weight is 402 g/mol. The van der Waals surface area contributed by atoms with Gasteiger partial charge in [-0.1, -0.05) is 30.3 Å². The van der Waals surface area contributed by atoms with Crippen molar-refractivity contribution in [2.45, 2.75) is 6.92 Å². The van der Waals surface area contributed by atoms with Crippen LogP contribution in [0.2, 0.25) is 0 Å². The number of oxazole rings is 1. The summed E-state index contributed by atoms with van der Waals surface area (Å²) in [5.74, 6) is -0.848. The molecule has 0 unspecified atom stereocenters. The summed E-state index contributed by atoms with van der Waals surface area (Å²) in [5.41, 5.74) is 3.63. The van der Waals surface area contributed by atoms with E-state index >= 15 is 0 Å². The number of rotatable bonds is 6. The molecule has 4 rings (SSSR count). The van der Waals surface area contributed by atoms with Crippen LogP contribution in [0.4, 0.5) is 5.69 Å². The summed E-state index contributed by atoms with van der Waals surface area (Å²) in [6.07, 6.45) is 0. The number of carboxylic acid groups (broad SMARTS) is 1. The number of benzene rings is 3. The first-order chi connectivity index (χ1) is 14.5. The van der Waals surface area contributed by atoms with Crippen molar-refractivity contribution < 1.29 is 23.8 Å². The monoisotopic (exact) mass is 402 g/mol. The maximum atomic E-state index is 12.6. The molecular weight excluding hydrogens is 384 g/mol. The maximum Gasteiger partial charge on any atom is 0.341 e. The van der Waals surface area contributed by atoms with Crippen LogP contribution in [0.1, 0.15) is 15.9 Å². The summed E-state index contributed by atoms with van der Waals surface area (Å²) in [4.78, 5) is 28.1. The molecular formula is C23H18N2O5. The molecule has 0 saturated heterocycles. The van der Waals surface area contributed by atoms with E-state index in [-0.39, 0.29) is 11.7 Å². The standard InChI is InChI=1S/C23H18N2O5/c1-14-6-2-3-7-16(14)22(28)24-15-10-11-17(20(12-15)29-13-21(26)27)23-25-18-8-4-5-9-19(18)30-23/h2-12H,13H2,1H3,(H,24,28)(H,26,27). The molecule has 3 aromatic carbocycles. The predicted molar refractivity (Wildman–Crippen MR) is 112 cm³/mol. The number of carboxylic acids is 1. The number of aromatic nitrogens is 1. The normalized spacial score (nSPS) is 10.7. The van der Waals surface area contributed by atoms with Gasteiger partial charge in [0.2, 0.25) is 5.89 Å². The van der Waals surface area contributed by atoms with Gasteiger partial charge in [-0.2, -0.15) is 0 Å². The maximum absolute atomic E-state index is 12.6. The second-order valence-corrected chi connectivity index (χ2v) is 6.65. The molecule has 1 amide bonds. The second-order valence-electron chi connectivity index (χ2n) is 6.65. The first-order valence-electron chi connectivity index (χ1n) is 9.23. The number of fused-ring (bicyclic) bond motifs is 1. The Kier molecular flexibility index (Phi) is 5.17. The average Bonchev–Trinajstić information content (AvgIpc) is 3.16. The van der Waals surface area contributed by atoms with Crippen LogP contribution in [-0.4, -0.2) is 28.6 Å². The van der Waals surface area contributed by atoms with E-state index in [1.807, 2.05) is 37.3 Å². The largest absolute Gasteiger partial charge is 0.481 e. The third-order valence-corrected chi connectivity index (χ3v) is 4.50. The Balaban J connectivity index is 1.68. The van der Waals surface area contributed by atoms with E-state index < -0.39 is 12.6 Å². The van der Waals surface area contributed by atoms with Crippen molar-refractivity contribution in [3.63, 3.8) is 0 Å². The van der Waals surface area contributed by atoms with E-state index in [0.29, 0.717) is 33.8 Å². The van der Waals surface area contributed by atoms with E-state index in [1.54, 1.807) is 36.4 Å². The zero-order valence-electron chi connectivity index (χ0n) is 16.1. The van der Waals surface area contributed by atoms with Crippen LogP contribution in [0.5, 0.6) is 5.75 Å². The lowest BCUT2D eigenvalue weighted by atomic mass is 10.1. The van der Waals surface area contributed by atoms with Crippen LogP contribution >= 0.6 is 0 Å². The number of aliphatic carboxylic acids is 1. The number of ether oxygens (including phenoxy) is 1. The van der Waals surface area contributed by atoms with E-state index in [9.17, 15) is 9.59 Å². The van der Waals surface area contributed by atoms with Crippen LogP contribution in [0.3, 0.4) is 0 Å². The van der Waals surface area contributed by atoms with Crippen molar-refractivity contribution in [3.8, 4) is 17.2 Å². The Bertz CT molecular complexity index is 1210. The summed E-state index contributed by atoms with van der Waals surface area (Å²) >= 11 is 0. The molecule has 0 atom stereocenters. The van der Waals surface area contributed by atoms with Crippen LogP contribution in [0.25, 0.3) is 22.6 Å². The number of anilines is 1. The molecule has 7 heteroatoms. The smallest absolute Gasteiger partial charge is 0.341 e. The van der Waals surface area contributed by atoms with E-state index in [1.165, 1.54) is 0 Å². The summed E-state index contributed by atoms with van der Waals surface area (Å²) in [5, 5.41) is 11.8. The summed E-state index contributed by atoms with van der Waals surface area (Å²) in [6, 6.07) is 19.5. The number of aryl methyl sites for hydroxylation is 1. The number of nitrogens with zero attached hydrogens (tertiary/aromatic N) is 1. The highest BCUT2D eigenvalue weighted by molar-refractivity contribution is 6.05. The highest BCUT2D eigenvalue weighted by Crippen LogP contribution is 2.34. The van der Waals surface area contributed by atoms with Gasteiger partial charge >= 0.3 is 5.97 Å². The predicted octanol–water partition coefficient (Wildman–Crippen LogP) is 4.52. The fourth-order valence-corrected chi connectivity index (χ4v) is 3.05. The number of carbonyl (C=O) groups is 2. The Hall–Kier alpha value is -4.13. The van der Waals surface area contributed by atoms with E-state index in [2.05, 4.69) is 10.3 Å². The zero-order valence-corrected chi connectivity index (χ0v) is 16.1. The minimum atomic E-state index is -1.12. The highest BCUT2D eigenvalue weighted by Gasteiger charge is 2.17. The zero-order chi connectivity index (χ0) is 21.1. The topological polar surface area (TPSA) is 102 Å². The third kappa shape index (κ3) is 4.00. The van der Waals surface area contributed by atoms with E-state index in [0.717, 1.165) is 5.56 Å². The summed E-state index contributed by atoms with van der Waals surface area (Å²) < 4.78 is 11.2. The molecule has 2 N–H and O–H groups in total. The van der Waals surface area contributed by atoms with Crippen LogP contribution in [0.15, 0.2) is 71.1 Å². The Morgan fingerprint density at radius 3 is 2.60 bits per heavy atom. The molecule has 0 aliphatic rings. The van der Waals surface area contributed by atoms with Gasteiger partial charge in [-0.15, -0.1) is 0 Å². The molecule has 0 fully saturated rings. The Morgan fingerprint density at radius 1 is 1.07 bits per heavy atom. The van der Waals surface area contributed by atoms with Gasteiger partial charge in [0, 0.05) is 17.3 Å². The third-order valence-electron chi connectivity index (χ3n) is 4.50. The molecule has 7 nitrogen and oxygen atoms in total. The molecule has 0 aliphatic heterocycles. The quantitative estimate of drug-likeness (QED) is 0.492. The molecule has 30 heavy (non-hydrogen) atoms. The second kappa shape index (κ2) is 8.08. The minimum Gasteiger partial charge on any atom is -0.481 e. The van der Waals surface area contributed by atoms with Crippen molar-refractivity contribution >= 4 is 28.7 Å². The first kappa shape index (κ1) is 19.2. The SMILES string of the molecule is Cc1ccccc1C(=O)Nc1ccc(-c2nc3ccccc3o2)c(OCC(=O)O)c1. The number of hydrogen-bond acceptors (Lipinski definition) is 5. The van der Waals surface area contributed by atoms with Gasteiger partial charge in [0.25, 0.3) is 5.91 Å². The number of carbonyl (C=O) groups excluding carboxylic acids is 1. The number of para-hydroxylation sites is 2. The van der Waals surface area contributed by atoms with Gasteiger partial charge in [0.15, 0.2) is 12.2 Å². The fraction of sp³-hybridized carbons (Fsp3) is 0.0870. The lowest BCUT2D eigenvalue weighted by molar-refractivity contribution is -0.139. The fourth-order valence-electron chi connectivity index (χ4n) is 3.05. The van der Waals surface area contributed by atoms with E-state index in [4.69, 9.17) is 14.3 Å². The van der Waals surface area contributed by atoms with Gasteiger partial charge in [-0.25, -0.2) is 9.78 Å². The number of nitrogens with one attached hydrogen (secondary N) is 1. The highest BCUT2D eigenvalue weighted by atomic mass is 16.5. The van der Waals surface area contributed by atoms with Crippen LogP contribution in [0, 0.1) is 6.92 Å². The minimum absolute atomic E-state index is 0.242. The van der Waals surface area contributed by atoms with Gasteiger partial charge in [0.05, 0.1) is 5.56 Å². The lowest BCUT2D eigenvalue weighted by Crippen LogP contribution is -2.14. The number of amides is 1. The van der Waals surface area contributed by atoms with Gasteiger partial charge in [0.1, 0.15) is 11.3 Å². The Morgan fingerprint density at radius 2 is 1.83 bits per heavy atom. The molecule has 0 bridgehead atoms. The molecule has 0 spiro atoms. The van der Waals surface area contributed by atoms with Crippen LogP contribution in [-0.2, 0) is 4.79 Å². The van der Waals surface area contributed by atoms with Crippen molar-refractivity contribution in [3.05, 3.63) is 77.9 Å². The number of hydrogen-bond donors (Lipinski definition) is 2. The lowest BCUT2D eigenvalue weighted by Gasteiger charge is -2.12. The van der Waals surface area contributed by atoms with Gasteiger partial charge in [-0.3, -0.25) is 4.79 Å². The summed E-state index contributed by atoms with van der Waals surface area (Å²) in [7, 11) is 0. The first-order valence-corrected chi connectivity index (χ1v) is 9.23. The Labute approximate surface area is 171 Å². The van der Waals surface area contributed by atoms with Gasteiger partial charge in [-0.05, 0) is 42.8 Å². The molecule has 150 valence electrons. The van der Waals surface area contributed by atoms with Crippen LogP contribution < -0.4 is 10.1 Å². The molecule has 0 aliphatic carbocycles. The van der Waals surface area contributed by atoms with Crippen molar-refractivity contribution in [1.82, 2.24) is 4.98 Å². The molecule has 0 saturated carbocycles. The molecule has 1 heterocycles.